The van der Waals surface area contributed by atoms with Crippen LogP contribution in [0, 0.1) is 0 Å². The summed E-state index contributed by atoms with van der Waals surface area (Å²) in [4.78, 5) is 4.18. The van der Waals surface area contributed by atoms with Crippen LogP contribution in [0.2, 0.25) is 0 Å². The standard InChI is InChI=1S/C11H13NO/c1-2-5-11-9-6-3-4-7-10(9)12-8-13-11/h3-4,6-8,11H,2,5H2,1H3. The van der Waals surface area contributed by atoms with E-state index >= 15 is 0 Å². The minimum atomic E-state index is 0.207. The van der Waals surface area contributed by atoms with Crippen molar-refractivity contribution in [3.8, 4) is 0 Å². The zero-order valence-electron chi connectivity index (χ0n) is 7.73. The minimum absolute atomic E-state index is 0.207. The van der Waals surface area contributed by atoms with Crippen LogP contribution in [0.1, 0.15) is 31.4 Å². The third-order valence-corrected chi connectivity index (χ3v) is 2.25. The van der Waals surface area contributed by atoms with Crippen molar-refractivity contribution in [1.29, 1.82) is 0 Å². The average Bonchev–Trinajstić information content (AvgIpc) is 2.19. The van der Waals surface area contributed by atoms with Crippen LogP contribution >= 0.6 is 0 Å². The first-order valence-corrected chi connectivity index (χ1v) is 4.68. The first-order chi connectivity index (χ1) is 6.42. The van der Waals surface area contributed by atoms with Crippen molar-refractivity contribution in [3.05, 3.63) is 29.8 Å². The molecule has 0 aliphatic carbocycles. The molecule has 0 fully saturated rings. The molecule has 1 aliphatic rings. The Morgan fingerprint density at radius 2 is 2.23 bits per heavy atom. The van der Waals surface area contributed by atoms with Gasteiger partial charge in [-0.3, -0.25) is 0 Å². The van der Waals surface area contributed by atoms with Crippen LogP contribution in [0.5, 0.6) is 0 Å². The number of ether oxygens (including phenoxy) is 1. The van der Waals surface area contributed by atoms with Crippen LogP contribution in [0.3, 0.4) is 0 Å². The predicted octanol–water partition coefficient (Wildman–Crippen LogP) is 3.22. The first-order valence-electron chi connectivity index (χ1n) is 4.68. The molecule has 1 atom stereocenters. The second kappa shape index (κ2) is 3.60. The van der Waals surface area contributed by atoms with Gasteiger partial charge < -0.3 is 4.74 Å². The van der Waals surface area contributed by atoms with Gasteiger partial charge in [-0.05, 0) is 12.5 Å². The van der Waals surface area contributed by atoms with E-state index in [0.29, 0.717) is 0 Å². The maximum absolute atomic E-state index is 5.45. The normalized spacial score (nSPS) is 19.3. The third kappa shape index (κ3) is 1.57. The highest BCUT2D eigenvalue weighted by Gasteiger charge is 2.17. The molecule has 0 amide bonds. The van der Waals surface area contributed by atoms with E-state index in [1.54, 1.807) is 6.40 Å². The quantitative estimate of drug-likeness (QED) is 0.676. The van der Waals surface area contributed by atoms with Gasteiger partial charge in [0.25, 0.3) is 0 Å². The molecule has 0 N–H and O–H groups in total. The Morgan fingerprint density at radius 3 is 3.08 bits per heavy atom. The molecule has 1 aliphatic heterocycles. The zero-order valence-corrected chi connectivity index (χ0v) is 7.73. The monoisotopic (exact) mass is 175 g/mol. The van der Waals surface area contributed by atoms with Gasteiger partial charge in [0.15, 0.2) is 6.40 Å². The van der Waals surface area contributed by atoms with Crippen molar-refractivity contribution in [2.75, 3.05) is 0 Å². The Kier molecular flexibility index (Phi) is 2.30. The van der Waals surface area contributed by atoms with Gasteiger partial charge in [0.05, 0.1) is 5.69 Å². The van der Waals surface area contributed by atoms with Crippen molar-refractivity contribution < 1.29 is 4.74 Å². The highest BCUT2D eigenvalue weighted by atomic mass is 16.5. The lowest BCUT2D eigenvalue weighted by Crippen LogP contribution is -2.06. The van der Waals surface area contributed by atoms with Crippen LogP contribution in [0.4, 0.5) is 5.69 Å². The van der Waals surface area contributed by atoms with Crippen LogP contribution in [-0.4, -0.2) is 6.40 Å². The van der Waals surface area contributed by atoms with E-state index in [1.807, 2.05) is 18.2 Å². The summed E-state index contributed by atoms with van der Waals surface area (Å²) in [7, 11) is 0. The topological polar surface area (TPSA) is 21.6 Å². The van der Waals surface area contributed by atoms with E-state index in [-0.39, 0.29) is 6.10 Å². The summed E-state index contributed by atoms with van der Waals surface area (Å²) in [6.45, 7) is 2.16. The number of aliphatic imine (C=N–C) groups is 1. The fourth-order valence-electron chi connectivity index (χ4n) is 1.60. The average molecular weight is 175 g/mol. The summed E-state index contributed by atoms with van der Waals surface area (Å²) < 4.78 is 5.45. The van der Waals surface area contributed by atoms with Crippen molar-refractivity contribution >= 4 is 12.1 Å². The number of nitrogens with zero attached hydrogens (tertiary/aromatic N) is 1. The molecular formula is C11H13NO. The highest BCUT2D eigenvalue weighted by Crippen LogP contribution is 2.33. The number of hydrogen-bond acceptors (Lipinski definition) is 2. The Hall–Kier alpha value is -1.31. The van der Waals surface area contributed by atoms with Gasteiger partial charge in [-0.15, -0.1) is 0 Å². The maximum atomic E-state index is 5.45. The Bertz CT molecular complexity index is 320. The molecule has 0 bridgehead atoms. The summed E-state index contributed by atoms with van der Waals surface area (Å²) in [6.07, 6.45) is 3.96. The van der Waals surface area contributed by atoms with Gasteiger partial charge in [-0.2, -0.15) is 0 Å². The van der Waals surface area contributed by atoms with Gasteiger partial charge in [0, 0.05) is 5.56 Å². The smallest absolute Gasteiger partial charge is 0.175 e. The zero-order chi connectivity index (χ0) is 9.10. The molecule has 1 aromatic carbocycles. The van der Waals surface area contributed by atoms with E-state index in [9.17, 15) is 0 Å². The lowest BCUT2D eigenvalue weighted by molar-refractivity contribution is 0.187. The molecule has 13 heavy (non-hydrogen) atoms. The fourth-order valence-corrected chi connectivity index (χ4v) is 1.60. The number of rotatable bonds is 2. The second-order valence-electron chi connectivity index (χ2n) is 3.21. The molecule has 0 aromatic heterocycles. The summed E-state index contributed by atoms with van der Waals surface area (Å²) in [5.74, 6) is 0. The van der Waals surface area contributed by atoms with Gasteiger partial charge >= 0.3 is 0 Å². The van der Waals surface area contributed by atoms with Gasteiger partial charge in [-0.1, -0.05) is 31.5 Å². The molecule has 1 heterocycles. The van der Waals surface area contributed by atoms with Crippen molar-refractivity contribution in [1.82, 2.24) is 0 Å². The number of hydrogen-bond donors (Lipinski definition) is 0. The summed E-state index contributed by atoms with van der Waals surface area (Å²) >= 11 is 0. The molecule has 0 saturated carbocycles. The van der Waals surface area contributed by atoms with Gasteiger partial charge in [0.1, 0.15) is 6.10 Å². The lowest BCUT2D eigenvalue weighted by atomic mass is 10.0. The van der Waals surface area contributed by atoms with E-state index in [1.165, 1.54) is 5.56 Å². The Labute approximate surface area is 78.3 Å². The predicted molar refractivity (Wildman–Crippen MR) is 53.3 cm³/mol. The second-order valence-corrected chi connectivity index (χ2v) is 3.21. The third-order valence-electron chi connectivity index (χ3n) is 2.25. The molecule has 0 spiro atoms. The number of fused-ring (bicyclic) bond motifs is 1. The minimum Gasteiger partial charge on any atom is -0.475 e. The Balaban J connectivity index is 2.32. The van der Waals surface area contributed by atoms with Crippen LogP contribution in [0.25, 0.3) is 0 Å². The highest BCUT2D eigenvalue weighted by molar-refractivity contribution is 5.62. The molecular weight excluding hydrogens is 162 g/mol. The van der Waals surface area contributed by atoms with Crippen LogP contribution in [0.15, 0.2) is 29.3 Å². The largest absolute Gasteiger partial charge is 0.475 e. The Morgan fingerprint density at radius 1 is 1.38 bits per heavy atom. The maximum Gasteiger partial charge on any atom is 0.175 e. The molecule has 0 saturated heterocycles. The molecule has 2 rings (SSSR count). The first kappa shape index (κ1) is 8.30. The lowest BCUT2D eigenvalue weighted by Gasteiger charge is -2.20. The molecule has 68 valence electrons. The molecule has 1 unspecified atom stereocenters. The molecule has 1 aromatic rings. The van der Waals surface area contributed by atoms with Crippen LogP contribution < -0.4 is 0 Å². The van der Waals surface area contributed by atoms with Gasteiger partial charge in [-0.25, -0.2) is 4.99 Å². The summed E-state index contributed by atoms with van der Waals surface area (Å²) in [5, 5.41) is 0. The molecule has 2 heteroatoms. The van der Waals surface area contributed by atoms with Crippen molar-refractivity contribution in [3.63, 3.8) is 0 Å². The van der Waals surface area contributed by atoms with E-state index < -0.39 is 0 Å². The van der Waals surface area contributed by atoms with Gasteiger partial charge in [0.2, 0.25) is 0 Å². The summed E-state index contributed by atoms with van der Waals surface area (Å²) in [6, 6.07) is 8.15. The SMILES string of the molecule is CCCC1OC=Nc2ccccc21. The van der Waals surface area contributed by atoms with E-state index in [2.05, 4.69) is 18.0 Å². The fraction of sp³-hybridized carbons (Fsp3) is 0.364. The number of benzene rings is 1. The summed E-state index contributed by atoms with van der Waals surface area (Å²) in [5.41, 5.74) is 2.26. The van der Waals surface area contributed by atoms with Crippen LogP contribution in [-0.2, 0) is 4.74 Å². The number of para-hydroxylation sites is 1. The van der Waals surface area contributed by atoms with E-state index in [0.717, 1.165) is 18.5 Å². The van der Waals surface area contributed by atoms with Crippen molar-refractivity contribution in [2.24, 2.45) is 4.99 Å². The van der Waals surface area contributed by atoms with Crippen molar-refractivity contribution in [2.45, 2.75) is 25.9 Å². The van der Waals surface area contributed by atoms with E-state index in [4.69, 9.17) is 4.74 Å². The molecule has 2 nitrogen and oxygen atoms in total. The molecule has 0 radical (unpaired) electrons.